The molecule has 0 amide bonds. The molecule has 4 rings (SSSR count). The second kappa shape index (κ2) is 5.10. The van der Waals surface area contributed by atoms with Gasteiger partial charge >= 0.3 is 0 Å². The summed E-state index contributed by atoms with van der Waals surface area (Å²) in [5.41, 5.74) is 0. The molecular formula is C18H21NO. The van der Waals surface area contributed by atoms with Gasteiger partial charge in [0.2, 0.25) is 0 Å². The summed E-state index contributed by atoms with van der Waals surface area (Å²) in [6.45, 7) is 0. The zero-order valence-electron chi connectivity index (χ0n) is 11.7. The van der Waals surface area contributed by atoms with Crippen LogP contribution in [0.25, 0.3) is 10.8 Å². The number of piperidine rings is 2. The van der Waals surface area contributed by atoms with Crippen molar-refractivity contribution >= 4 is 10.8 Å². The Morgan fingerprint density at radius 2 is 1.65 bits per heavy atom. The first kappa shape index (κ1) is 12.2. The fourth-order valence-electron chi connectivity index (χ4n) is 3.79. The fraction of sp³-hybridized carbons (Fsp3) is 0.444. The van der Waals surface area contributed by atoms with Gasteiger partial charge in [0, 0.05) is 17.5 Å². The molecule has 2 aliphatic heterocycles. The quantitative estimate of drug-likeness (QED) is 0.891. The Bertz CT molecular complexity index is 592. The van der Waals surface area contributed by atoms with Gasteiger partial charge < -0.3 is 10.1 Å². The van der Waals surface area contributed by atoms with E-state index in [1.165, 1.54) is 30.0 Å². The maximum atomic E-state index is 6.36. The maximum Gasteiger partial charge on any atom is 0.127 e. The third-order valence-corrected chi connectivity index (χ3v) is 4.71. The number of rotatable bonds is 2. The second-order valence-electron chi connectivity index (χ2n) is 6.18. The molecule has 0 aromatic heterocycles. The van der Waals surface area contributed by atoms with E-state index in [0.717, 1.165) is 18.6 Å². The Labute approximate surface area is 120 Å². The summed E-state index contributed by atoms with van der Waals surface area (Å²) in [5, 5.41) is 6.22. The fourth-order valence-corrected chi connectivity index (χ4v) is 3.79. The van der Waals surface area contributed by atoms with Gasteiger partial charge in [0.1, 0.15) is 11.9 Å². The van der Waals surface area contributed by atoms with Crippen molar-refractivity contribution < 1.29 is 4.74 Å². The van der Waals surface area contributed by atoms with Crippen LogP contribution in [0.2, 0.25) is 0 Å². The molecule has 104 valence electrons. The average Bonchev–Trinajstić information content (AvgIpc) is 2.47. The summed E-state index contributed by atoms with van der Waals surface area (Å²) in [4.78, 5) is 0. The number of benzene rings is 2. The molecule has 2 aliphatic rings. The monoisotopic (exact) mass is 267 g/mol. The molecule has 2 fully saturated rings. The first-order chi connectivity index (χ1) is 9.88. The third kappa shape index (κ3) is 2.29. The van der Waals surface area contributed by atoms with Crippen LogP contribution in [0.5, 0.6) is 5.75 Å². The highest BCUT2D eigenvalue weighted by Gasteiger charge is 2.32. The van der Waals surface area contributed by atoms with Crippen LogP contribution in [-0.2, 0) is 0 Å². The van der Waals surface area contributed by atoms with Crippen molar-refractivity contribution in [2.45, 2.75) is 50.3 Å². The Kier molecular flexibility index (Phi) is 3.12. The normalized spacial score (nSPS) is 29.3. The van der Waals surface area contributed by atoms with Crippen LogP contribution in [0.1, 0.15) is 32.1 Å². The molecule has 2 aromatic rings. The second-order valence-corrected chi connectivity index (χ2v) is 6.18. The van der Waals surface area contributed by atoms with Crippen LogP contribution in [-0.4, -0.2) is 18.2 Å². The van der Waals surface area contributed by atoms with Gasteiger partial charge in [0.15, 0.2) is 0 Å². The Morgan fingerprint density at radius 3 is 2.50 bits per heavy atom. The predicted molar refractivity (Wildman–Crippen MR) is 82.2 cm³/mol. The van der Waals surface area contributed by atoms with Crippen LogP contribution in [0.3, 0.4) is 0 Å². The minimum atomic E-state index is 0.373. The summed E-state index contributed by atoms with van der Waals surface area (Å²) >= 11 is 0. The number of hydrogen-bond donors (Lipinski definition) is 1. The molecule has 0 spiro atoms. The molecule has 2 aromatic carbocycles. The Morgan fingerprint density at radius 1 is 0.900 bits per heavy atom. The summed E-state index contributed by atoms with van der Waals surface area (Å²) in [7, 11) is 0. The van der Waals surface area contributed by atoms with Crippen molar-refractivity contribution in [3.63, 3.8) is 0 Å². The van der Waals surface area contributed by atoms with E-state index in [2.05, 4.69) is 47.8 Å². The van der Waals surface area contributed by atoms with E-state index in [-0.39, 0.29) is 0 Å². The van der Waals surface area contributed by atoms with Crippen LogP contribution in [0.15, 0.2) is 42.5 Å². The van der Waals surface area contributed by atoms with Crippen molar-refractivity contribution in [2.24, 2.45) is 0 Å². The van der Waals surface area contributed by atoms with Gasteiger partial charge in [-0.1, -0.05) is 42.8 Å². The van der Waals surface area contributed by atoms with E-state index < -0.39 is 0 Å². The zero-order chi connectivity index (χ0) is 13.4. The van der Waals surface area contributed by atoms with Crippen LogP contribution in [0.4, 0.5) is 0 Å². The lowest BCUT2D eigenvalue weighted by Crippen LogP contribution is -2.51. The van der Waals surface area contributed by atoms with Crippen molar-refractivity contribution in [3.05, 3.63) is 42.5 Å². The maximum absolute atomic E-state index is 6.36. The molecule has 3 atom stereocenters. The Hall–Kier alpha value is -1.54. The smallest absolute Gasteiger partial charge is 0.127 e. The highest BCUT2D eigenvalue weighted by atomic mass is 16.5. The van der Waals surface area contributed by atoms with E-state index in [0.29, 0.717) is 18.2 Å². The first-order valence-corrected chi connectivity index (χ1v) is 7.79. The van der Waals surface area contributed by atoms with E-state index in [4.69, 9.17) is 4.74 Å². The average molecular weight is 267 g/mol. The number of ether oxygens (including phenoxy) is 1. The van der Waals surface area contributed by atoms with Gasteiger partial charge in [-0.05, 0) is 37.1 Å². The standard InChI is InChI=1S/C18H21NO/c1-2-9-17-13(5-1)6-3-10-18(17)20-16-11-14-7-4-8-15(12-16)19-14/h1-3,5-6,9-10,14-16,19H,4,7-8,11-12H2/t14-,15+,16-. The molecule has 2 bridgehead atoms. The largest absolute Gasteiger partial charge is 0.490 e. The number of nitrogens with one attached hydrogen (secondary N) is 1. The molecule has 0 saturated carbocycles. The summed E-state index contributed by atoms with van der Waals surface area (Å²) in [6, 6.07) is 16.2. The van der Waals surface area contributed by atoms with Gasteiger partial charge in [-0.15, -0.1) is 0 Å². The number of hydrogen-bond acceptors (Lipinski definition) is 2. The van der Waals surface area contributed by atoms with Gasteiger partial charge in [-0.3, -0.25) is 0 Å². The van der Waals surface area contributed by atoms with Gasteiger partial charge in [0.25, 0.3) is 0 Å². The molecule has 2 nitrogen and oxygen atoms in total. The van der Waals surface area contributed by atoms with Crippen LogP contribution >= 0.6 is 0 Å². The summed E-state index contributed by atoms with van der Waals surface area (Å²) in [5.74, 6) is 1.05. The predicted octanol–water partition coefficient (Wildman–Crippen LogP) is 3.89. The van der Waals surface area contributed by atoms with Gasteiger partial charge in [-0.25, -0.2) is 0 Å². The number of fused-ring (bicyclic) bond motifs is 3. The lowest BCUT2D eigenvalue weighted by Gasteiger charge is -2.40. The molecule has 0 unspecified atom stereocenters. The lowest BCUT2D eigenvalue weighted by atomic mass is 9.85. The zero-order valence-corrected chi connectivity index (χ0v) is 11.7. The van der Waals surface area contributed by atoms with Crippen molar-refractivity contribution in [1.29, 1.82) is 0 Å². The van der Waals surface area contributed by atoms with E-state index >= 15 is 0 Å². The van der Waals surface area contributed by atoms with E-state index in [1.54, 1.807) is 0 Å². The minimum Gasteiger partial charge on any atom is -0.490 e. The van der Waals surface area contributed by atoms with Gasteiger partial charge in [0.05, 0.1) is 0 Å². The van der Waals surface area contributed by atoms with Crippen LogP contribution in [0, 0.1) is 0 Å². The van der Waals surface area contributed by atoms with Crippen molar-refractivity contribution in [3.8, 4) is 5.75 Å². The SMILES string of the molecule is c1ccc2c(O[C@@H]3C[C@H]4CCC[C@@H](C3)N4)cccc2c1. The molecule has 2 heterocycles. The Balaban J connectivity index is 1.58. The highest BCUT2D eigenvalue weighted by Crippen LogP contribution is 2.31. The molecule has 2 heteroatoms. The topological polar surface area (TPSA) is 21.3 Å². The highest BCUT2D eigenvalue weighted by molar-refractivity contribution is 5.88. The molecule has 1 N–H and O–H groups in total. The van der Waals surface area contributed by atoms with Gasteiger partial charge in [-0.2, -0.15) is 0 Å². The summed E-state index contributed by atoms with van der Waals surface area (Å²) in [6.07, 6.45) is 6.68. The van der Waals surface area contributed by atoms with Crippen LogP contribution < -0.4 is 10.1 Å². The molecular weight excluding hydrogens is 246 g/mol. The lowest BCUT2D eigenvalue weighted by molar-refractivity contribution is 0.0940. The van der Waals surface area contributed by atoms with Crippen molar-refractivity contribution in [2.75, 3.05) is 0 Å². The summed E-state index contributed by atoms with van der Waals surface area (Å²) < 4.78 is 6.36. The molecule has 0 aliphatic carbocycles. The molecule has 2 saturated heterocycles. The molecule has 20 heavy (non-hydrogen) atoms. The minimum absolute atomic E-state index is 0.373. The molecule has 0 radical (unpaired) electrons. The van der Waals surface area contributed by atoms with E-state index in [1.807, 2.05) is 0 Å². The van der Waals surface area contributed by atoms with E-state index in [9.17, 15) is 0 Å². The first-order valence-electron chi connectivity index (χ1n) is 7.79. The van der Waals surface area contributed by atoms with Crippen molar-refractivity contribution in [1.82, 2.24) is 5.32 Å². The third-order valence-electron chi connectivity index (χ3n) is 4.71.